The minimum Gasteiger partial charge on any atom is -0.371 e. The maximum atomic E-state index is 12.8. The van der Waals surface area contributed by atoms with E-state index < -0.39 is 0 Å². The highest BCUT2D eigenvalue weighted by Gasteiger charge is 2.26. The van der Waals surface area contributed by atoms with Gasteiger partial charge in [-0.05, 0) is 16.7 Å². The van der Waals surface area contributed by atoms with E-state index in [1.807, 2.05) is 60.1 Å². The number of ketones is 1. The number of fused-ring (bicyclic) bond motifs is 1. The fourth-order valence-electron chi connectivity index (χ4n) is 4.09. The van der Waals surface area contributed by atoms with Crippen LogP contribution in [0.2, 0.25) is 0 Å². The molecular formula is C27H26N2O2. The van der Waals surface area contributed by atoms with Crippen molar-refractivity contribution in [2.24, 2.45) is 0 Å². The van der Waals surface area contributed by atoms with Gasteiger partial charge in [0.05, 0.1) is 17.0 Å². The lowest BCUT2D eigenvalue weighted by molar-refractivity contribution is 0.0986. The van der Waals surface area contributed by atoms with E-state index in [0.29, 0.717) is 13.0 Å². The van der Waals surface area contributed by atoms with Gasteiger partial charge in [-0.3, -0.25) is 9.59 Å². The third-order valence-electron chi connectivity index (χ3n) is 5.77. The topological polar surface area (TPSA) is 42.3 Å². The second-order valence-electron chi connectivity index (χ2n) is 7.76. The van der Waals surface area contributed by atoms with Crippen molar-refractivity contribution >= 4 is 22.6 Å². The van der Waals surface area contributed by atoms with Gasteiger partial charge in [0.1, 0.15) is 0 Å². The molecular weight excluding hydrogens is 384 g/mol. The van der Waals surface area contributed by atoms with Gasteiger partial charge in [-0.2, -0.15) is 0 Å². The monoisotopic (exact) mass is 410 g/mol. The fourth-order valence-corrected chi connectivity index (χ4v) is 4.09. The maximum absolute atomic E-state index is 12.8. The molecule has 0 N–H and O–H groups in total. The van der Waals surface area contributed by atoms with E-state index in [9.17, 15) is 9.59 Å². The van der Waals surface area contributed by atoms with Gasteiger partial charge in [0.15, 0.2) is 11.2 Å². The number of allylic oxidation sites excluding steroid dienone is 2. The highest BCUT2D eigenvalue weighted by Crippen LogP contribution is 2.38. The number of likely N-dealkylation sites (N-methyl/N-ethyl adjacent to an activating group) is 1. The van der Waals surface area contributed by atoms with E-state index in [1.165, 1.54) is 0 Å². The van der Waals surface area contributed by atoms with Gasteiger partial charge in [0.25, 0.3) is 0 Å². The predicted octanol–water partition coefficient (Wildman–Crippen LogP) is 4.97. The Kier molecular flexibility index (Phi) is 5.72. The summed E-state index contributed by atoms with van der Waals surface area (Å²) in [6, 6.07) is 21.8. The SMILES string of the molecule is C=C(/C(=C1/c2cc(=O)c(C(=O)CC)cn2CCN1C)c1ccccc1)c1ccccc1. The summed E-state index contributed by atoms with van der Waals surface area (Å²) in [7, 11) is 2.04. The molecule has 0 radical (unpaired) electrons. The Morgan fingerprint density at radius 2 is 1.58 bits per heavy atom. The molecule has 0 atom stereocenters. The first-order valence-corrected chi connectivity index (χ1v) is 10.5. The Bertz CT molecular complexity index is 1220. The van der Waals surface area contributed by atoms with E-state index in [1.54, 1.807) is 19.2 Å². The number of Topliss-reactive ketones (excluding diaryl/α,β-unsaturated/α-hetero) is 1. The van der Waals surface area contributed by atoms with E-state index in [-0.39, 0.29) is 16.8 Å². The molecule has 156 valence electrons. The fraction of sp³-hybridized carbons (Fsp3) is 0.185. The van der Waals surface area contributed by atoms with Gasteiger partial charge in [-0.25, -0.2) is 0 Å². The largest absolute Gasteiger partial charge is 0.371 e. The number of hydrogen-bond acceptors (Lipinski definition) is 3. The van der Waals surface area contributed by atoms with Gasteiger partial charge in [-0.1, -0.05) is 74.2 Å². The van der Waals surface area contributed by atoms with Crippen LogP contribution in [0.1, 0.15) is 40.5 Å². The third-order valence-corrected chi connectivity index (χ3v) is 5.77. The summed E-state index contributed by atoms with van der Waals surface area (Å²) in [4.78, 5) is 27.3. The number of pyridine rings is 1. The van der Waals surface area contributed by atoms with Crippen molar-refractivity contribution in [2.75, 3.05) is 13.6 Å². The van der Waals surface area contributed by atoms with Crippen molar-refractivity contribution < 1.29 is 4.79 Å². The number of aromatic nitrogens is 1. The number of hydrogen-bond donors (Lipinski definition) is 0. The molecule has 0 aliphatic carbocycles. The van der Waals surface area contributed by atoms with Crippen LogP contribution in [-0.4, -0.2) is 28.8 Å². The molecule has 1 aliphatic heterocycles. The average Bonchev–Trinajstić information content (AvgIpc) is 2.81. The number of rotatable bonds is 5. The van der Waals surface area contributed by atoms with Crippen molar-refractivity contribution in [1.82, 2.24) is 9.47 Å². The number of nitrogens with zero attached hydrogens (tertiary/aromatic N) is 2. The van der Waals surface area contributed by atoms with Crippen LogP contribution in [0.5, 0.6) is 0 Å². The van der Waals surface area contributed by atoms with Crippen molar-refractivity contribution in [3.8, 4) is 0 Å². The van der Waals surface area contributed by atoms with E-state index in [0.717, 1.165) is 40.2 Å². The first kappa shape index (κ1) is 20.6. The van der Waals surface area contributed by atoms with Crippen LogP contribution in [-0.2, 0) is 6.54 Å². The summed E-state index contributed by atoms with van der Waals surface area (Å²) in [6.45, 7) is 7.69. The molecule has 4 rings (SSSR count). The molecule has 4 heteroatoms. The van der Waals surface area contributed by atoms with E-state index >= 15 is 0 Å². The summed E-state index contributed by atoms with van der Waals surface area (Å²) < 4.78 is 2.03. The molecule has 0 saturated heterocycles. The Morgan fingerprint density at radius 1 is 0.968 bits per heavy atom. The first-order chi connectivity index (χ1) is 15.0. The van der Waals surface area contributed by atoms with Crippen LogP contribution in [0.25, 0.3) is 16.8 Å². The molecule has 0 amide bonds. The minimum absolute atomic E-state index is 0.123. The summed E-state index contributed by atoms with van der Waals surface area (Å²) in [5, 5.41) is 0. The van der Waals surface area contributed by atoms with Crippen LogP contribution in [0.15, 0.2) is 84.3 Å². The highest BCUT2D eigenvalue weighted by molar-refractivity contribution is 6.13. The molecule has 0 spiro atoms. The summed E-state index contributed by atoms with van der Waals surface area (Å²) in [5.41, 5.74) is 5.72. The normalized spacial score (nSPS) is 14.7. The molecule has 0 bridgehead atoms. The minimum atomic E-state index is -0.233. The molecule has 0 unspecified atom stereocenters. The second kappa shape index (κ2) is 8.60. The number of carbonyl (C=O) groups excluding carboxylic acids is 1. The zero-order chi connectivity index (χ0) is 22.0. The molecule has 0 fully saturated rings. The molecule has 0 saturated carbocycles. The lowest BCUT2D eigenvalue weighted by atomic mass is 9.89. The highest BCUT2D eigenvalue weighted by atomic mass is 16.1. The summed E-state index contributed by atoms with van der Waals surface area (Å²) in [5.74, 6) is -0.123. The van der Waals surface area contributed by atoms with Gasteiger partial charge in [0.2, 0.25) is 0 Å². The Balaban J connectivity index is 2.01. The first-order valence-electron chi connectivity index (χ1n) is 10.5. The number of carbonyl (C=O) groups is 1. The zero-order valence-electron chi connectivity index (χ0n) is 18.0. The lowest BCUT2D eigenvalue weighted by Gasteiger charge is -2.34. The van der Waals surface area contributed by atoms with Crippen molar-refractivity contribution in [3.63, 3.8) is 0 Å². The molecule has 1 aromatic heterocycles. The van der Waals surface area contributed by atoms with E-state index in [2.05, 4.69) is 23.6 Å². The molecule has 2 heterocycles. The van der Waals surface area contributed by atoms with Crippen LogP contribution in [0, 0.1) is 0 Å². The number of benzene rings is 2. The molecule has 2 aromatic carbocycles. The second-order valence-corrected chi connectivity index (χ2v) is 7.76. The summed E-state index contributed by atoms with van der Waals surface area (Å²) >= 11 is 0. The van der Waals surface area contributed by atoms with Gasteiger partial charge >= 0.3 is 0 Å². The van der Waals surface area contributed by atoms with Gasteiger partial charge in [0, 0.05) is 44.4 Å². The van der Waals surface area contributed by atoms with Crippen LogP contribution >= 0.6 is 0 Å². The zero-order valence-corrected chi connectivity index (χ0v) is 18.0. The smallest absolute Gasteiger partial charge is 0.193 e. The van der Waals surface area contributed by atoms with Crippen molar-refractivity contribution in [2.45, 2.75) is 19.9 Å². The lowest BCUT2D eigenvalue weighted by Crippen LogP contribution is -2.33. The summed E-state index contributed by atoms with van der Waals surface area (Å²) in [6.07, 6.45) is 2.04. The third kappa shape index (κ3) is 3.89. The molecule has 3 aromatic rings. The Labute approximate surface area is 182 Å². The Hall–Kier alpha value is -3.66. The van der Waals surface area contributed by atoms with Crippen LogP contribution in [0.3, 0.4) is 0 Å². The van der Waals surface area contributed by atoms with Crippen molar-refractivity contribution in [1.29, 1.82) is 0 Å². The predicted molar refractivity (Wildman–Crippen MR) is 127 cm³/mol. The molecule has 31 heavy (non-hydrogen) atoms. The van der Waals surface area contributed by atoms with Crippen molar-refractivity contribution in [3.05, 3.63) is 112 Å². The molecule has 1 aliphatic rings. The van der Waals surface area contributed by atoms with Gasteiger partial charge in [-0.15, -0.1) is 0 Å². The van der Waals surface area contributed by atoms with Gasteiger partial charge < -0.3 is 9.47 Å². The van der Waals surface area contributed by atoms with E-state index in [4.69, 9.17) is 0 Å². The standard InChI is InChI=1S/C27H26N2O2/c1-4-24(30)22-18-29-16-15-28(3)27(23(29)17-25(22)31)26(21-13-9-6-10-14-21)19(2)20-11-7-5-8-12-20/h5-14,17-18H,2,4,15-16H2,1,3H3/b27-26+. The quantitative estimate of drug-likeness (QED) is 0.558. The average molecular weight is 411 g/mol. The Morgan fingerprint density at radius 3 is 2.19 bits per heavy atom. The maximum Gasteiger partial charge on any atom is 0.193 e. The molecule has 4 nitrogen and oxygen atoms in total. The van der Waals surface area contributed by atoms with Crippen LogP contribution in [0.4, 0.5) is 0 Å². The van der Waals surface area contributed by atoms with Crippen LogP contribution < -0.4 is 5.43 Å².